The number of hydrogen-bond donors (Lipinski definition) is 3. The van der Waals surface area contributed by atoms with E-state index in [9.17, 15) is 0 Å². The average Bonchev–Trinajstić information content (AvgIpc) is 3.38. The maximum absolute atomic E-state index is 6.43. The molecule has 0 aliphatic carbocycles. The minimum absolute atomic E-state index is 0.111. The molecule has 0 spiro atoms. The van der Waals surface area contributed by atoms with E-state index < -0.39 is 0 Å². The molecule has 0 saturated heterocycles. The van der Waals surface area contributed by atoms with Gasteiger partial charge in [-0.2, -0.15) is 20.2 Å². The van der Waals surface area contributed by atoms with Gasteiger partial charge in [-0.15, -0.1) is 0 Å². The van der Waals surface area contributed by atoms with Gasteiger partial charge in [-0.25, -0.2) is 4.68 Å². The number of H-pyrrole nitrogens is 1. The fourth-order valence-electron chi connectivity index (χ4n) is 3.73. The number of aromatic amines is 1. The molecule has 0 saturated carbocycles. The van der Waals surface area contributed by atoms with Crippen molar-refractivity contribution in [2.24, 2.45) is 7.05 Å². The van der Waals surface area contributed by atoms with Gasteiger partial charge in [-0.05, 0) is 39.0 Å². The molecule has 0 radical (unpaired) electrons. The lowest BCUT2D eigenvalue weighted by molar-refractivity contribution is 0.548. The van der Waals surface area contributed by atoms with Crippen LogP contribution in [0.4, 0.5) is 17.5 Å². The van der Waals surface area contributed by atoms with Crippen LogP contribution in [0.3, 0.4) is 0 Å². The smallest absolute Gasteiger partial charge is 0.231 e. The van der Waals surface area contributed by atoms with Crippen molar-refractivity contribution in [2.75, 3.05) is 11.1 Å². The Morgan fingerprint density at radius 3 is 2.70 bits per heavy atom. The molecule has 9 nitrogen and oxygen atoms in total. The molecule has 0 amide bonds. The molecule has 1 aromatic carbocycles. The van der Waals surface area contributed by atoms with Crippen LogP contribution in [0.25, 0.3) is 33.2 Å². The van der Waals surface area contributed by atoms with Crippen LogP contribution in [0.15, 0.2) is 36.7 Å². The lowest BCUT2D eigenvalue weighted by atomic mass is 10.1. The summed E-state index contributed by atoms with van der Waals surface area (Å²) in [4.78, 5) is 12.5. The van der Waals surface area contributed by atoms with Crippen molar-refractivity contribution in [1.29, 1.82) is 0 Å². The van der Waals surface area contributed by atoms with E-state index in [-0.39, 0.29) is 6.04 Å². The second-order valence-corrected chi connectivity index (χ2v) is 7.72. The molecule has 5 rings (SSSR count). The van der Waals surface area contributed by atoms with Crippen LogP contribution in [0.5, 0.6) is 0 Å². The van der Waals surface area contributed by atoms with Crippen molar-refractivity contribution < 1.29 is 0 Å². The van der Waals surface area contributed by atoms with E-state index in [0.29, 0.717) is 17.4 Å². The second kappa shape index (κ2) is 6.58. The van der Waals surface area contributed by atoms with Gasteiger partial charge in [0, 0.05) is 41.9 Å². The number of nitrogens with zero attached hydrogens (tertiary/aromatic N) is 6. The standard InChI is InChI=1S/C21H23N9/c1-11(2)30-20-17(18(28-30)14-5-6-15-13(9-14)7-8-23-15)19(22)25-21(26-20)24-16-10-29(4)27-12(16)3/h5-11,23H,1-4H3,(H3,22,24,25,26). The molecule has 4 heterocycles. The molecule has 0 atom stereocenters. The molecule has 30 heavy (non-hydrogen) atoms. The zero-order chi connectivity index (χ0) is 21.0. The monoisotopic (exact) mass is 401 g/mol. The molecule has 4 N–H and O–H groups in total. The van der Waals surface area contributed by atoms with Gasteiger partial charge in [0.15, 0.2) is 5.65 Å². The number of aromatic nitrogens is 7. The van der Waals surface area contributed by atoms with E-state index in [4.69, 9.17) is 15.8 Å². The van der Waals surface area contributed by atoms with Crippen molar-refractivity contribution in [2.45, 2.75) is 26.8 Å². The van der Waals surface area contributed by atoms with Gasteiger partial charge in [0.1, 0.15) is 11.5 Å². The molecule has 4 aromatic heterocycles. The zero-order valence-electron chi connectivity index (χ0n) is 17.3. The Balaban J connectivity index is 1.68. The number of benzene rings is 1. The highest BCUT2D eigenvalue weighted by Crippen LogP contribution is 2.34. The van der Waals surface area contributed by atoms with E-state index >= 15 is 0 Å². The van der Waals surface area contributed by atoms with Gasteiger partial charge < -0.3 is 16.0 Å². The molecule has 0 bridgehead atoms. The number of nitrogens with two attached hydrogens (primary N) is 1. The first-order chi connectivity index (χ1) is 14.4. The minimum Gasteiger partial charge on any atom is -0.383 e. The summed E-state index contributed by atoms with van der Waals surface area (Å²) in [6.07, 6.45) is 3.81. The predicted octanol–water partition coefficient (Wildman–Crippen LogP) is 3.92. The first-order valence-electron chi connectivity index (χ1n) is 9.81. The summed E-state index contributed by atoms with van der Waals surface area (Å²) >= 11 is 0. The Morgan fingerprint density at radius 1 is 1.13 bits per heavy atom. The van der Waals surface area contributed by atoms with Gasteiger partial charge in [0.05, 0.1) is 16.8 Å². The quantitative estimate of drug-likeness (QED) is 0.420. The van der Waals surface area contributed by atoms with Crippen LogP contribution in [-0.2, 0) is 7.05 Å². The summed E-state index contributed by atoms with van der Waals surface area (Å²) in [5, 5.41) is 14.3. The van der Waals surface area contributed by atoms with Crippen LogP contribution in [0.2, 0.25) is 0 Å². The molecular formula is C21H23N9. The third-order valence-electron chi connectivity index (χ3n) is 5.16. The van der Waals surface area contributed by atoms with Gasteiger partial charge >= 0.3 is 0 Å². The molecule has 9 heteroatoms. The molecule has 0 unspecified atom stereocenters. The van der Waals surface area contributed by atoms with Crippen molar-refractivity contribution in [1.82, 2.24) is 34.5 Å². The first kappa shape index (κ1) is 18.2. The Morgan fingerprint density at radius 2 is 1.97 bits per heavy atom. The number of nitrogen functional groups attached to an aromatic ring is 1. The summed E-state index contributed by atoms with van der Waals surface area (Å²) < 4.78 is 3.64. The minimum atomic E-state index is 0.111. The van der Waals surface area contributed by atoms with Crippen LogP contribution >= 0.6 is 0 Å². The van der Waals surface area contributed by atoms with Crippen LogP contribution in [0.1, 0.15) is 25.6 Å². The summed E-state index contributed by atoms with van der Waals surface area (Å²) in [5.41, 5.74) is 11.7. The lowest BCUT2D eigenvalue weighted by Crippen LogP contribution is -2.06. The molecular weight excluding hydrogens is 378 g/mol. The summed E-state index contributed by atoms with van der Waals surface area (Å²) in [6, 6.07) is 8.33. The number of aryl methyl sites for hydroxylation is 2. The van der Waals surface area contributed by atoms with Crippen molar-refractivity contribution in [3.63, 3.8) is 0 Å². The summed E-state index contributed by atoms with van der Waals surface area (Å²) in [5.74, 6) is 0.811. The Hall–Kier alpha value is -3.88. The van der Waals surface area contributed by atoms with Crippen molar-refractivity contribution in [3.05, 3.63) is 42.4 Å². The second-order valence-electron chi connectivity index (χ2n) is 7.72. The maximum atomic E-state index is 6.43. The predicted molar refractivity (Wildman–Crippen MR) is 119 cm³/mol. The van der Waals surface area contributed by atoms with E-state index in [1.165, 1.54) is 0 Å². The molecule has 0 aliphatic heterocycles. The Kier molecular flexibility index (Phi) is 3.99. The van der Waals surface area contributed by atoms with Gasteiger partial charge in [-0.3, -0.25) is 4.68 Å². The fourth-order valence-corrected chi connectivity index (χ4v) is 3.73. The van der Waals surface area contributed by atoms with E-state index in [0.717, 1.165) is 38.9 Å². The van der Waals surface area contributed by atoms with Gasteiger partial charge in [-0.1, -0.05) is 6.07 Å². The highest BCUT2D eigenvalue weighted by Gasteiger charge is 2.21. The molecule has 152 valence electrons. The van der Waals surface area contributed by atoms with Crippen molar-refractivity contribution >= 4 is 39.4 Å². The average molecular weight is 401 g/mol. The van der Waals surface area contributed by atoms with Crippen LogP contribution < -0.4 is 11.1 Å². The molecule has 5 aromatic rings. The van der Waals surface area contributed by atoms with Gasteiger partial charge in [0.2, 0.25) is 5.95 Å². The van der Waals surface area contributed by atoms with E-state index in [1.807, 2.05) is 49.2 Å². The SMILES string of the molecule is Cc1nn(C)cc1Nc1nc(N)c2c(-c3ccc4[nH]ccc4c3)nn(C(C)C)c2n1. The number of hydrogen-bond acceptors (Lipinski definition) is 6. The Labute approximate surface area is 172 Å². The zero-order valence-corrected chi connectivity index (χ0v) is 17.3. The normalized spacial score (nSPS) is 11.8. The summed E-state index contributed by atoms with van der Waals surface area (Å²) in [6.45, 7) is 6.07. The van der Waals surface area contributed by atoms with E-state index in [1.54, 1.807) is 4.68 Å². The highest BCUT2D eigenvalue weighted by atomic mass is 15.3. The highest BCUT2D eigenvalue weighted by molar-refractivity contribution is 6.00. The van der Waals surface area contributed by atoms with Gasteiger partial charge in [0.25, 0.3) is 0 Å². The summed E-state index contributed by atoms with van der Waals surface area (Å²) in [7, 11) is 1.87. The fraction of sp³-hybridized carbons (Fsp3) is 0.238. The lowest BCUT2D eigenvalue weighted by Gasteiger charge is -2.08. The van der Waals surface area contributed by atoms with Crippen molar-refractivity contribution in [3.8, 4) is 11.3 Å². The molecule has 0 fully saturated rings. The Bertz CT molecular complexity index is 1390. The van der Waals surface area contributed by atoms with E-state index in [2.05, 4.69) is 40.3 Å². The molecule has 0 aliphatic rings. The number of nitrogens with one attached hydrogen (secondary N) is 2. The van der Waals surface area contributed by atoms with Crippen LogP contribution in [-0.4, -0.2) is 34.5 Å². The largest absolute Gasteiger partial charge is 0.383 e. The first-order valence-corrected chi connectivity index (χ1v) is 9.81. The number of rotatable bonds is 4. The number of anilines is 3. The number of fused-ring (bicyclic) bond motifs is 2. The third-order valence-corrected chi connectivity index (χ3v) is 5.16. The third kappa shape index (κ3) is 2.86. The maximum Gasteiger partial charge on any atom is 0.231 e. The topological polar surface area (TPSA) is 115 Å². The van der Waals surface area contributed by atoms with Crippen LogP contribution in [0, 0.1) is 6.92 Å².